The fourth-order valence-corrected chi connectivity index (χ4v) is 3.33. The monoisotopic (exact) mass is 343 g/mol. The molecule has 24 heavy (non-hydrogen) atoms. The first-order valence-corrected chi connectivity index (χ1v) is 8.85. The standard InChI is InChI=1S/C16H13N3O4S/c1-9-3-5-10(6-4-9)19-13-14(20)11-7-17-8-18-12(11)15(21)16(13)24(2,22)23/h3-8,19H,1-2H3. The van der Waals surface area contributed by atoms with Crippen molar-refractivity contribution in [3.63, 3.8) is 0 Å². The molecule has 1 aromatic carbocycles. The normalized spacial score (nSPS) is 14.6. The van der Waals surface area contributed by atoms with Gasteiger partial charge in [0.25, 0.3) is 0 Å². The summed E-state index contributed by atoms with van der Waals surface area (Å²) in [6, 6.07) is 6.98. The maximum atomic E-state index is 12.7. The Morgan fingerprint density at radius 1 is 1.04 bits per heavy atom. The Morgan fingerprint density at radius 2 is 1.71 bits per heavy atom. The van der Waals surface area contributed by atoms with Crippen LogP contribution in [0.2, 0.25) is 0 Å². The number of fused-ring (bicyclic) bond motifs is 1. The van der Waals surface area contributed by atoms with Gasteiger partial charge in [-0.05, 0) is 19.1 Å². The van der Waals surface area contributed by atoms with Gasteiger partial charge in [-0.2, -0.15) is 0 Å². The van der Waals surface area contributed by atoms with E-state index in [0.717, 1.165) is 18.1 Å². The fourth-order valence-electron chi connectivity index (χ4n) is 2.38. The summed E-state index contributed by atoms with van der Waals surface area (Å²) in [5.41, 5.74) is 0.990. The minimum Gasteiger partial charge on any atom is -0.351 e. The average Bonchev–Trinajstić information content (AvgIpc) is 2.53. The van der Waals surface area contributed by atoms with E-state index >= 15 is 0 Å². The number of carbonyl (C=O) groups is 2. The molecule has 1 aliphatic rings. The number of aromatic nitrogens is 2. The van der Waals surface area contributed by atoms with E-state index < -0.39 is 26.3 Å². The predicted octanol–water partition coefficient (Wildman–Crippen LogP) is 1.53. The molecule has 1 aliphatic carbocycles. The van der Waals surface area contributed by atoms with Gasteiger partial charge in [0.2, 0.25) is 11.6 Å². The molecule has 3 rings (SSSR count). The Balaban J connectivity index is 2.19. The third kappa shape index (κ3) is 2.71. The lowest BCUT2D eigenvalue weighted by molar-refractivity contribution is 0.0977. The number of carbonyl (C=O) groups excluding carboxylic acids is 2. The van der Waals surface area contributed by atoms with E-state index in [2.05, 4.69) is 15.3 Å². The summed E-state index contributed by atoms with van der Waals surface area (Å²) in [6.45, 7) is 1.90. The summed E-state index contributed by atoms with van der Waals surface area (Å²) in [5.74, 6) is -1.45. The zero-order valence-corrected chi connectivity index (χ0v) is 13.7. The third-order valence-electron chi connectivity index (χ3n) is 3.52. The highest BCUT2D eigenvalue weighted by Crippen LogP contribution is 2.28. The molecule has 0 fully saturated rings. The SMILES string of the molecule is Cc1ccc(NC2=C(S(C)(=O)=O)C(=O)c3ncncc3C2=O)cc1. The van der Waals surface area contributed by atoms with E-state index in [0.29, 0.717) is 5.69 Å². The number of hydrogen-bond acceptors (Lipinski definition) is 7. The number of nitrogens with one attached hydrogen (secondary N) is 1. The Kier molecular flexibility index (Phi) is 3.76. The Labute approximate surface area is 138 Å². The molecule has 1 heterocycles. The minimum absolute atomic E-state index is 0.0236. The second kappa shape index (κ2) is 5.64. The molecule has 0 bridgehead atoms. The highest BCUT2D eigenvalue weighted by atomic mass is 32.2. The van der Waals surface area contributed by atoms with Gasteiger partial charge in [-0.15, -0.1) is 0 Å². The molecule has 0 aliphatic heterocycles. The Morgan fingerprint density at radius 3 is 2.33 bits per heavy atom. The van der Waals surface area contributed by atoms with E-state index in [1.165, 1.54) is 6.20 Å². The fraction of sp³-hybridized carbons (Fsp3) is 0.125. The number of rotatable bonds is 3. The van der Waals surface area contributed by atoms with Crippen LogP contribution in [0.25, 0.3) is 0 Å². The van der Waals surface area contributed by atoms with Gasteiger partial charge in [0.05, 0.1) is 5.56 Å². The lowest BCUT2D eigenvalue weighted by atomic mass is 9.98. The van der Waals surface area contributed by atoms with Crippen LogP contribution in [-0.2, 0) is 9.84 Å². The van der Waals surface area contributed by atoms with Crippen LogP contribution in [0.3, 0.4) is 0 Å². The van der Waals surface area contributed by atoms with Crippen molar-refractivity contribution in [2.75, 3.05) is 11.6 Å². The van der Waals surface area contributed by atoms with Crippen molar-refractivity contribution in [3.05, 3.63) is 64.2 Å². The van der Waals surface area contributed by atoms with Crippen molar-refractivity contribution in [1.82, 2.24) is 9.97 Å². The van der Waals surface area contributed by atoms with Crippen LogP contribution in [0.15, 0.2) is 47.4 Å². The van der Waals surface area contributed by atoms with Crippen LogP contribution in [-0.4, -0.2) is 36.2 Å². The summed E-state index contributed by atoms with van der Waals surface area (Å²) in [6.07, 6.45) is 3.19. The van der Waals surface area contributed by atoms with Crippen LogP contribution in [0.5, 0.6) is 0 Å². The second-order valence-corrected chi connectivity index (χ2v) is 7.36. The molecular weight excluding hydrogens is 330 g/mol. The Bertz CT molecular complexity index is 992. The maximum Gasteiger partial charge on any atom is 0.225 e. The topological polar surface area (TPSA) is 106 Å². The van der Waals surface area contributed by atoms with Gasteiger partial charge in [0.15, 0.2) is 9.84 Å². The second-order valence-electron chi connectivity index (χ2n) is 5.41. The molecular formula is C16H13N3O4S. The molecule has 0 amide bonds. The van der Waals surface area contributed by atoms with E-state index in [-0.39, 0.29) is 17.0 Å². The third-order valence-corrected chi connectivity index (χ3v) is 4.66. The van der Waals surface area contributed by atoms with Gasteiger partial charge in [-0.3, -0.25) is 9.59 Å². The molecule has 0 saturated heterocycles. The molecule has 0 atom stereocenters. The molecule has 0 unspecified atom stereocenters. The number of ketones is 2. The van der Waals surface area contributed by atoms with Crippen molar-refractivity contribution >= 4 is 27.1 Å². The van der Waals surface area contributed by atoms with Crippen LogP contribution in [0.1, 0.15) is 26.4 Å². The smallest absolute Gasteiger partial charge is 0.225 e. The maximum absolute atomic E-state index is 12.7. The molecule has 0 spiro atoms. The van der Waals surface area contributed by atoms with Gasteiger partial charge in [0.1, 0.15) is 22.6 Å². The largest absolute Gasteiger partial charge is 0.351 e. The summed E-state index contributed by atoms with van der Waals surface area (Å²) in [7, 11) is -3.94. The van der Waals surface area contributed by atoms with Crippen molar-refractivity contribution < 1.29 is 18.0 Å². The molecule has 122 valence electrons. The van der Waals surface area contributed by atoms with Crippen LogP contribution >= 0.6 is 0 Å². The van der Waals surface area contributed by atoms with Gasteiger partial charge in [-0.25, -0.2) is 18.4 Å². The first-order chi connectivity index (χ1) is 11.3. The van der Waals surface area contributed by atoms with Crippen molar-refractivity contribution in [2.45, 2.75) is 6.92 Å². The van der Waals surface area contributed by atoms with E-state index in [1.54, 1.807) is 24.3 Å². The molecule has 0 saturated carbocycles. The number of sulfone groups is 1. The van der Waals surface area contributed by atoms with Crippen LogP contribution in [0.4, 0.5) is 5.69 Å². The van der Waals surface area contributed by atoms with Gasteiger partial charge in [0, 0.05) is 18.1 Å². The van der Waals surface area contributed by atoms with Gasteiger partial charge < -0.3 is 5.32 Å². The molecule has 8 heteroatoms. The van der Waals surface area contributed by atoms with Crippen molar-refractivity contribution in [2.24, 2.45) is 0 Å². The number of hydrogen-bond donors (Lipinski definition) is 1. The summed E-state index contributed by atoms with van der Waals surface area (Å²) in [4.78, 5) is 32.1. The van der Waals surface area contributed by atoms with Crippen molar-refractivity contribution in [1.29, 1.82) is 0 Å². The minimum atomic E-state index is -3.94. The molecule has 2 aromatic rings. The van der Waals surface area contributed by atoms with E-state index in [1.807, 2.05) is 6.92 Å². The highest BCUT2D eigenvalue weighted by molar-refractivity contribution is 7.95. The quantitative estimate of drug-likeness (QED) is 0.900. The number of allylic oxidation sites excluding steroid dienone is 2. The zero-order valence-electron chi connectivity index (χ0n) is 12.9. The molecule has 0 radical (unpaired) electrons. The first kappa shape index (κ1) is 16.0. The number of nitrogens with zero attached hydrogens (tertiary/aromatic N) is 2. The Hall–Kier alpha value is -2.87. The zero-order chi connectivity index (χ0) is 17.5. The van der Waals surface area contributed by atoms with Crippen LogP contribution < -0.4 is 5.32 Å². The molecule has 1 aromatic heterocycles. The predicted molar refractivity (Wildman–Crippen MR) is 87.4 cm³/mol. The molecule has 1 N–H and O–H groups in total. The number of anilines is 1. The van der Waals surface area contributed by atoms with Crippen LogP contribution in [0, 0.1) is 6.92 Å². The number of aryl methyl sites for hydroxylation is 1. The summed E-state index contributed by atoms with van der Waals surface area (Å²) < 4.78 is 24.2. The average molecular weight is 343 g/mol. The molecule has 7 nitrogen and oxygen atoms in total. The highest BCUT2D eigenvalue weighted by Gasteiger charge is 2.38. The number of benzene rings is 1. The first-order valence-electron chi connectivity index (χ1n) is 6.96. The van der Waals surface area contributed by atoms with Gasteiger partial charge in [-0.1, -0.05) is 17.7 Å². The lowest BCUT2D eigenvalue weighted by Crippen LogP contribution is -2.30. The number of Topliss-reactive ketones (excluding diaryl/α,β-unsaturated/α-hetero) is 2. The lowest BCUT2D eigenvalue weighted by Gasteiger charge is -2.20. The van der Waals surface area contributed by atoms with Crippen molar-refractivity contribution in [3.8, 4) is 0 Å². The van der Waals surface area contributed by atoms with E-state index in [4.69, 9.17) is 0 Å². The van der Waals surface area contributed by atoms with Gasteiger partial charge >= 0.3 is 0 Å². The van der Waals surface area contributed by atoms with E-state index in [9.17, 15) is 18.0 Å². The summed E-state index contributed by atoms with van der Waals surface area (Å²) in [5, 5.41) is 2.76. The summed E-state index contributed by atoms with van der Waals surface area (Å²) >= 11 is 0.